The summed E-state index contributed by atoms with van der Waals surface area (Å²) >= 11 is 0. The lowest BCUT2D eigenvalue weighted by Gasteiger charge is -2.38. The number of amides is 1. The maximum absolute atomic E-state index is 13.0. The van der Waals surface area contributed by atoms with E-state index in [0.29, 0.717) is 31.9 Å². The molecule has 2 aromatic rings. The largest absolute Gasteiger partial charge is 0.478 e. The fourth-order valence-electron chi connectivity index (χ4n) is 3.92. The van der Waals surface area contributed by atoms with Gasteiger partial charge in [0.2, 0.25) is 11.9 Å². The predicted molar refractivity (Wildman–Crippen MR) is 92.0 cm³/mol. The van der Waals surface area contributed by atoms with E-state index in [1.165, 1.54) is 0 Å². The fraction of sp³-hybridized carbons (Fsp3) is 0.333. The number of carbonyl (C=O) groups excluding carboxylic acids is 1. The number of rotatable bonds is 2. The zero-order valence-electron chi connectivity index (χ0n) is 13.8. The predicted octanol–water partition coefficient (Wildman–Crippen LogP) is 1.69. The van der Waals surface area contributed by atoms with Gasteiger partial charge in [-0.2, -0.15) is 0 Å². The third-order valence-electron chi connectivity index (χ3n) is 5.29. The molecule has 0 aliphatic carbocycles. The normalized spacial score (nSPS) is 18.5. The number of likely N-dealkylation sites (N-methyl/N-ethyl adjacent to an activating group) is 1. The van der Waals surface area contributed by atoms with Crippen LogP contribution in [0.1, 0.15) is 28.8 Å². The summed E-state index contributed by atoms with van der Waals surface area (Å²) in [7, 11) is 1.75. The maximum atomic E-state index is 13.0. The van der Waals surface area contributed by atoms with E-state index in [-0.39, 0.29) is 11.5 Å². The van der Waals surface area contributed by atoms with Crippen molar-refractivity contribution in [3.05, 3.63) is 47.8 Å². The molecule has 0 atom stereocenters. The Morgan fingerprint density at radius 2 is 1.88 bits per heavy atom. The van der Waals surface area contributed by atoms with Crippen LogP contribution in [0.15, 0.2) is 36.7 Å². The summed E-state index contributed by atoms with van der Waals surface area (Å²) in [5.41, 5.74) is 1.20. The Bertz CT molecular complexity index is 845. The van der Waals surface area contributed by atoms with Crippen LogP contribution >= 0.6 is 0 Å². The second-order valence-electron chi connectivity index (χ2n) is 6.52. The summed E-state index contributed by atoms with van der Waals surface area (Å²) in [4.78, 5) is 36.6. The first-order valence-electron chi connectivity index (χ1n) is 8.21. The fourth-order valence-corrected chi connectivity index (χ4v) is 3.92. The molecule has 1 fully saturated rings. The molecule has 0 unspecified atom stereocenters. The number of aromatic nitrogens is 2. The number of benzene rings is 1. The lowest BCUT2D eigenvalue weighted by atomic mass is 9.73. The minimum absolute atomic E-state index is 0.0404. The molecule has 1 aromatic heterocycles. The lowest BCUT2D eigenvalue weighted by Crippen LogP contribution is -2.48. The number of piperidine rings is 1. The van der Waals surface area contributed by atoms with E-state index in [9.17, 15) is 14.7 Å². The average Bonchev–Trinajstić information content (AvgIpc) is 2.85. The topological polar surface area (TPSA) is 86.6 Å². The Balaban J connectivity index is 1.68. The highest BCUT2D eigenvalue weighted by Gasteiger charge is 2.51. The second kappa shape index (κ2) is 5.54. The Hall–Kier alpha value is -2.96. The first-order valence-corrected chi connectivity index (χ1v) is 8.21. The molecule has 7 heteroatoms. The van der Waals surface area contributed by atoms with Gasteiger partial charge in [-0.15, -0.1) is 0 Å². The first-order chi connectivity index (χ1) is 12.0. The van der Waals surface area contributed by atoms with Gasteiger partial charge < -0.3 is 14.9 Å². The number of carboxylic acid groups (broad SMARTS) is 1. The van der Waals surface area contributed by atoms with Crippen LogP contribution in [0, 0.1) is 0 Å². The third-order valence-corrected chi connectivity index (χ3v) is 5.29. The Kier molecular flexibility index (Phi) is 3.45. The van der Waals surface area contributed by atoms with Crippen molar-refractivity contribution < 1.29 is 14.7 Å². The molecule has 3 heterocycles. The van der Waals surface area contributed by atoms with Crippen molar-refractivity contribution in [3.8, 4) is 0 Å². The molecular formula is C18H18N4O3. The monoisotopic (exact) mass is 338 g/mol. The summed E-state index contributed by atoms with van der Waals surface area (Å²) in [6, 6.07) is 6.72. The molecule has 1 amide bonds. The van der Waals surface area contributed by atoms with Crippen LogP contribution < -0.4 is 9.80 Å². The number of carboxylic acids is 1. The average molecular weight is 338 g/mol. The molecule has 1 saturated heterocycles. The second-order valence-corrected chi connectivity index (χ2v) is 6.52. The smallest absolute Gasteiger partial charge is 0.335 e. The van der Waals surface area contributed by atoms with Crippen LogP contribution in [0.5, 0.6) is 0 Å². The quantitative estimate of drug-likeness (QED) is 0.897. The molecule has 1 spiro atoms. The van der Waals surface area contributed by atoms with Gasteiger partial charge in [0.1, 0.15) is 0 Å². The zero-order valence-corrected chi connectivity index (χ0v) is 13.8. The van der Waals surface area contributed by atoms with Crippen LogP contribution in [0.25, 0.3) is 0 Å². The molecule has 4 rings (SSSR count). The Labute approximate surface area is 144 Å². The Morgan fingerprint density at radius 3 is 2.52 bits per heavy atom. The highest BCUT2D eigenvalue weighted by atomic mass is 16.4. The van der Waals surface area contributed by atoms with Gasteiger partial charge in [-0.1, -0.05) is 0 Å². The molecule has 2 aliphatic rings. The van der Waals surface area contributed by atoms with Crippen molar-refractivity contribution in [1.82, 2.24) is 9.97 Å². The molecule has 1 N–H and O–H groups in total. The van der Waals surface area contributed by atoms with Gasteiger partial charge in [-0.3, -0.25) is 4.79 Å². The zero-order chi connectivity index (χ0) is 17.6. The number of fused-ring (bicyclic) bond motifs is 2. The van der Waals surface area contributed by atoms with Crippen LogP contribution in [-0.4, -0.2) is 47.1 Å². The number of aromatic carboxylic acids is 1. The van der Waals surface area contributed by atoms with Gasteiger partial charge >= 0.3 is 5.97 Å². The molecule has 128 valence electrons. The standard InChI is InChI=1S/C18H18N4O3/c1-21-14-4-3-12(15(23)24)11-13(14)18(16(21)25)5-9-22(10-6-18)17-19-7-2-8-20-17/h2-4,7-8,11H,5-6,9-10H2,1H3,(H,23,24). The van der Waals surface area contributed by atoms with Crippen LogP contribution in [-0.2, 0) is 10.2 Å². The van der Waals surface area contributed by atoms with E-state index in [2.05, 4.69) is 14.9 Å². The minimum Gasteiger partial charge on any atom is -0.478 e. The lowest BCUT2D eigenvalue weighted by molar-refractivity contribution is -0.123. The number of anilines is 2. The molecule has 0 saturated carbocycles. The number of nitrogens with zero attached hydrogens (tertiary/aromatic N) is 4. The summed E-state index contributed by atoms with van der Waals surface area (Å²) < 4.78 is 0. The summed E-state index contributed by atoms with van der Waals surface area (Å²) in [6.07, 6.45) is 4.64. The van der Waals surface area contributed by atoms with Crippen molar-refractivity contribution in [2.24, 2.45) is 0 Å². The minimum atomic E-state index is -0.977. The molecule has 25 heavy (non-hydrogen) atoms. The SMILES string of the molecule is CN1C(=O)C2(CCN(c3ncccn3)CC2)c2cc(C(=O)O)ccc21. The van der Waals surface area contributed by atoms with E-state index >= 15 is 0 Å². The van der Waals surface area contributed by atoms with E-state index in [4.69, 9.17) is 0 Å². The summed E-state index contributed by atoms with van der Waals surface area (Å²) in [5, 5.41) is 9.30. The van der Waals surface area contributed by atoms with Gasteiger partial charge in [-0.05, 0) is 42.7 Å². The van der Waals surface area contributed by atoms with Crippen molar-refractivity contribution in [2.45, 2.75) is 18.3 Å². The molecule has 0 bridgehead atoms. The van der Waals surface area contributed by atoms with Crippen molar-refractivity contribution in [3.63, 3.8) is 0 Å². The summed E-state index contributed by atoms with van der Waals surface area (Å²) in [5.74, 6) is -0.274. The summed E-state index contributed by atoms with van der Waals surface area (Å²) in [6.45, 7) is 1.31. The molecule has 7 nitrogen and oxygen atoms in total. The highest BCUT2D eigenvalue weighted by Crippen LogP contribution is 2.47. The number of hydrogen-bond acceptors (Lipinski definition) is 5. The number of hydrogen-bond donors (Lipinski definition) is 1. The highest BCUT2D eigenvalue weighted by molar-refractivity contribution is 6.08. The Morgan fingerprint density at radius 1 is 1.20 bits per heavy atom. The molecule has 0 radical (unpaired) electrons. The molecule has 2 aliphatic heterocycles. The van der Waals surface area contributed by atoms with Gasteiger partial charge in [0, 0.05) is 38.2 Å². The molecular weight excluding hydrogens is 320 g/mol. The van der Waals surface area contributed by atoms with Crippen LogP contribution in [0.3, 0.4) is 0 Å². The van der Waals surface area contributed by atoms with Gasteiger partial charge in [0.25, 0.3) is 0 Å². The van der Waals surface area contributed by atoms with Gasteiger partial charge in [0.05, 0.1) is 11.0 Å². The van der Waals surface area contributed by atoms with E-state index in [0.717, 1.165) is 11.3 Å². The van der Waals surface area contributed by atoms with Gasteiger partial charge in [-0.25, -0.2) is 14.8 Å². The van der Waals surface area contributed by atoms with E-state index in [1.807, 2.05) is 0 Å². The third kappa shape index (κ3) is 2.26. The van der Waals surface area contributed by atoms with Crippen molar-refractivity contribution in [1.29, 1.82) is 0 Å². The first kappa shape index (κ1) is 15.6. The van der Waals surface area contributed by atoms with Crippen molar-refractivity contribution in [2.75, 3.05) is 29.9 Å². The van der Waals surface area contributed by atoms with Gasteiger partial charge in [0.15, 0.2) is 0 Å². The van der Waals surface area contributed by atoms with E-state index < -0.39 is 11.4 Å². The van der Waals surface area contributed by atoms with E-state index in [1.54, 1.807) is 48.6 Å². The van der Waals surface area contributed by atoms with Crippen LogP contribution in [0.4, 0.5) is 11.6 Å². The van der Waals surface area contributed by atoms with Crippen molar-refractivity contribution >= 4 is 23.5 Å². The van der Waals surface area contributed by atoms with Crippen LogP contribution in [0.2, 0.25) is 0 Å². The maximum Gasteiger partial charge on any atom is 0.335 e. The molecule has 1 aromatic carbocycles. The number of carbonyl (C=O) groups is 2.